The molecular weight excluding hydrogens is 268 g/mol. The maximum absolute atomic E-state index is 13.6. The van der Waals surface area contributed by atoms with Crippen molar-refractivity contribution in [2.45, 2.75) is 19.8 Å². The second-order valence-electron chi connectivity index (χ2n) is 4.56. The predicted molar refractivity (Wildman–Crippen MR) is 78.3 cm³/mol. The Balaban J connectivity index is 2.32. The van der Waals surface area contributed by atoms with Gasteiger partial charge in [-0.15, -0.1) is 0 Å². The Hall–Kier alpha value is -2.65. The van der Waals surface area contributed by atoms with Gasteiger partial charge in [0.25, 0.3) is 0 Å². The van der Waals surface area contributed by atoms with Gasteiger partial charge in [-0.2, -0.15) is 5.26 Å². The first-order chi connectivity index (χ1) is 10.2. The Kier molecular flexibility index (Phi) is 4.69. The van der Waals surface area contributed by atoms with Crippen LogP contribution in [0.4, 0.5) is 8.78 Å². The van der Waals surface area contributed by atoms with Gasteiger partial charge >= 0.3 is 0 Å². The first-order valence-electron chi connectivity index (χ1n) is 6.64. The third kappa shape index (κ3) is 3.46. The minimum Gasteiger partial charge on any atom is -0.205 e. The molecule has 0 aliphatic carbocycles. The molecule has 3 heteroatoms. The summed E-state index contributed by atoms with van der Waals surface area (Å²) in [5, 5.41) is 8.65. The molecule has 0 amide bonds. The van der Waals surface area contributed by atoms with Crippen molar-refractivity contribution in [1.29, 1.82) is 5.26 Å². The number of hydrogen-bond donors (Lipinski definition) is 0. The van der Waals surface area contributed by atoms with Crippen LogP contribution < -0.4 is 0 Å². The molecule has 0 heterocycles. The van der Waals surface area contributed by atoms with E-state index in [4.69, 9.17) is 5.26 Å². The van der Waals surface area contributed by atoms with Crippen LogP contribution in [0, 0.1) is 34.8 Å². The zero-order valence-corrected chi connectivity index (χ0v) is 11.6. The van der Waals surface area contributed by atoms with Gasteiger partial charge in [0, 0.05) is 12.0 Å². The normalized spacial score (nSPS) is 9.62. The topological polar surface area (TPSA) is 23.8 Å². The standard InChI is InChI=1S/C18H13F2N/c1-2-3-4-5-13-6-8-14(9-7-13)15-10-17(19)16(12-21)18(20)11-15/h6-11H,2-3H2,1H3. The molecule has 0 aliphatic rings. The highest BCUT2D eigenvalue weighted by Gasteiger charge is 2.11. The minimum absolute atomic E-state index is 0.400. The van der Waals surface area contributed by atoms with E-state index in [2.05, 4.69) is 18.8 Å². The van der Waals surface area contributed by atoms with Crippen molar-refractivity contribution < 1.29 is 8.78 Å². The van der Waals surface area contributed by atoms with Crippen molar-refractivity contribution in [2.24, 2.45) is 0 Å². The van der Waals surface area contributed by atoms with Crippen LogP contribution >= 0.6 is 0 Å². The summed E-state index contributed by atoms with van der Waals surface area (Å²) in [6.07, 6.45) is 1.85. The number of rotatable bonds is 2. The summed E-state index contributed by atoms with van der Waals surface area (Å²) in [7, 11) is 0. The lowest BCUT2D eigenvalue weighted by atomic mass is 10.0. The van der Waals surface area contributed by atoms with Crippen LogP contribution in [-0.4, -0.2) is 0 Å². The Morgan fingerprint density at radius 1 is 1.00 bits per heavy atom. The van der Waals surface area contributed by atoms with E-state index < -0.39 is 17.2 Å². The molecule has 0 spiro atoms. The molecule has 1 nitrogen and oxygen atoms in total. The van der Waals surface area contributed by atoms with E-state index in [1.54, 1.807) is 12.1 Å². The van der Waals surface area contributed by atoms with Crippen molar-refractivity contribution in [3.63, 3.8) is 0 Å². The number of nitriles is 1. The van der Waals surface area contributed by atoms with Gasteiger partial charge in [-0.3, -0.25) is 0 Å². The number of hydrogen-bond acceptors (Lipinski definition) is 1. The molecule has 21 heavy (non-hydrogen) atoms. The molecule has 0 bridgehead atoms. The number of nitrogens with zero attached hydrogens (tertiary/aromatic N) is 1. The first kappa shape index (κ1) is 14.8. The second-order valence-corrected chi connectivity index (χ2v) is 4.56. The third-order valence-electron chi connectivity index (χ3n) is 2.98. The molecule has 104 valence electrons. The summed E-state index contributed by atoms with van der Waals surface area (Å²) < 4.78 is 27.2. The molecule has 0 aliphatic heterocycles. The predicted octanol–water partition coefficient (Wildman–Crippen LogP) is 4.66. The zero-order chi connectivity index (χ0) is 15.2. The number of benzene rings is 2. The Morgan fingerprint density at radius 3 is 2.14 bits per heavy atom. The van der Waals surface area contributed by atoms with Gasteiger partial charge in [-0.05, 0) is 41.8 Å². The van der Waals surface area contributed by atoms with E-state index in [-0.39, 0.29) is 0 Å². The highest BCUT2D eigenvalue weighted by atomic mass is 19.1. The molecular formula is C18H13F2N. The summed E-state index contributed by atoms with van der Waals surface area (Å²) in [6.45, 7) is 2.06. The van der Waals surface area contributed by atoms with E-state index in [1.165, 1.54) is 18.2 Å². The third-order valence-corrected chi connectivity index (χ3v) is 2.98. The molecule has 0 saturated heterocycles. The minimum atomic E-state index is -0.848. The largest absolute Gasteiger partial charge is 0.205 e. The zero-order valence-electron chi connectivity index (χ0n) is 11.6. The quantitative estimate of drug-likeness (QED) is 0.735. The van der Waals surface area contributed by atoms with E-state index in [9.17, 15) is 8.78 Å². The molecule has 2 aromatic rings. The first-order valence-corrected chi connectivity index (χ1v) is 6.64. The van der Waals surface area contributed by atoms with Gasteiger partial charge in [-0.25, -0.2) is 8.78 Å². The lowest BCUT2D eigenvalue weighted by Crippen LogP contribution is -1.92. The molecule has 0 N–H and O–H groups in total. The monoisotopic (exact) mass is 281 g/mol. The van der Waals surface area contributed by atoms with Gasteiger partial charge < -0.3 is 0 Å². The Morgan fingerprint density at radius 2 is 1.62 bits per heavy atom. The van der Waals surface area contributed by atoms with Crippen LogP contribution in [-0.2, 0) is 0 Å². The highest BCUT2D eigenvalue weighted by Crippen LogP contribution is 2.24. The van der Waals surface area contributed by atoms with E-state index in [1.807, 2.05) is 12.1 Å². The fourth-order valence-corrected chi connectivity index (χ4v) is 1.88. The van der Waals surface area contributed by atoms with Crippen molar-refractivity contribution in [3.05, 3.63) is 59.2 Å². The lowest BCUT2D eigenvalue weighted by molar-refractivity contribution is 0.577. The number of halogens is 2. The van der Waals surface area contributed by atoms with Gasteiger partial charge in [0.1, 0.15) is 23.3 Å². The summed E-state index contributed by atoms with van der Waals surface area (Å²) in [5.41, 5.74) is 1.39. The van der Waals surface area contributed by atoms with Crippen LogP contribution in [0.5, 0.6) is 0 Å². The molecule has 0 aromatic heterocycles. The molecule has 0 unspecified atom stereocenters. The van der Waals surface area contributed by atoms with E-state index in [0.29, 0.717) is 11.1 Å². The van der Waals surface area contributed by atoms with Gasteiger partial charge in [0.2, 0.25) is 0 Å². The fourth-order valence-electron chi connectivity index (χ4n) is 1.88. The van der Waals surface area contributed by atoms with Crippen molar-refractivity contribution in [2.75, 3.05) is 0 Å². The van der Waals surface area contributed by atoms with Gasteiger partial charge in [0.15, 0.2) is 0 Å². The Labute approximate surface area is 122 Å². The highest BCUT2D eigenvalue weighted by molar-refractivity contribution is 5.65. The maximum atomic E-state index is 13.6. The summed E-state index contributed by atoms with van der Waals surface area (Å²) in [5.74, 6) is 4.37. The lowest BCUT2D eigenvalue weighted by Gasteiger charge is -2.04. The molecule has 0 radical (unpaired) electrons. The fraction of sp³-hybridized carbons (Fsp3) is 0.167. The van der Waals surface area contributed by atoms with Crippen LogP contribution in [0.15, 0.2) is 36.4 Å². The van der Waals surface area contributed by atoms with Gasteiger partial charge in [0.05, 0.1) is 0 Å². The molecule has 2 rings (SSSR count). The Bertz CT molecular complexity index is 721. The second kappa shape index (κ2) is 6.68. The molecule has 0 fully saturated rings. The van der Waals surface area contributed by atoms with Crippen LogP contribution in [0.2, 0.25) is 0 Å². The van der Waals surface area contributed by atoms with Crippen molar-refractivity contribution in [3.8, 4) is 29.0 Å². The summed E-state index contributed by atoms with van der Waals surface area (Å²) in [4.78, 5) is 0. The number of unbranched alkanes of at least 4 members (excludes halogenated alkanes) is 1. The molecule has 2 aromatic carbocycles. The van der Waals surface area contributed by atoms with Crippen LogP contribution in [0.3, 0.4) is 0 Å². The SMILES string of the molecule is CCCC#Cc1ccc(-c2cc(F)c(C#N)c(F)c2)cc1. The molecule has 0 saturated carbocycles. The van der Waals surface area contributed by atoms with E-state index in [0.717, 1.165) is 18.4 Å². The molecule has 0 atom stereocenters. The van der Waals surface area contributed by atoms with Crippen LogP contribution in [0.25, 0.3) is 11.1 Å². The average Bonchev–Trinajstić information content (AvgIpc) is 2.48. The van der Waals surface area contributed by atoms with Crippen LogP contribution in [0.1, 0.15) is 30.9 Å². The maximum Gasteiger partial charge on any atom is 0.144 e. The summed E-state index contributed by atoms with van der Waals surface area (Å²) in [6, 6.07) is 11.0. The smallest absolute Gasteiger partial charge is 0.144 e. The summed E-state index contributed by atoms with van der Waals surface area (Å²) >= 11 is 0. The van der Waals surface area contributed by atoms with Crippen molar-refractivity contribution in [1.82, 2.24) is 0 Å². The average molecular weight is 281 g/mol. The van der Waals surface area contributed by atoms with E-state index >= 15 is 0 Å². The van der Waals surface area contributed by atoms with Crippen molar-refractivity contribution >= 4 is 0 Å². The van der Waals surface area contributed by atoms with Gasteiger partial charge in [-0.1, -0.05) is 30.9 Å².